The van der Waals surface area contributed by atoms with Gasteiger partial charge in [0.1, 0.15) is 5.75 Å². The molecule has 0 atom stereocenters. The summed E-state index contributed by atoms with van der Waals surface area (Å²) in [6, 6.07) is 11.0. The molecular weight excluding hydrogens is 378 g/mol. The fraction of sp³-hybridized carbons (Fsp3) is 0.292. The summed E-state index contributed by atoms with van der Waals surface area (Å²) < 4.78 is 5.65. The molecule has 3 rings (SSSR count). The zero-order chi connectivity index (χ0) is 21.7. The monoisotopic (exact) mass is 405 g/mol. The molecule has 0 aliphatic rings. The molecule has 0 saturated carbocycles. The number of rotatable bonds is 6. The smallest absolute Gasteiger partial charge is 0.255 e. The Morgan fingerprint density at radius 2 is 2.00 bits per heavy atom. The molecule has 30 heavy (non-hydrogen) atoms. The predicted octanol–water partition coefficient (Wildman–Crippen LogP) is 3.72. The quantitative estimate of drug-likeness (QED) is 0.655. The lowest BCUT2D eigenvalue weighted by Crippen LogP contribution is -2.27. The Hall–Kier alpha value is -3.41. The van der Waals surface area contributed by atoms with Gasteiger partial charge in [-0.15, -0.1) is 0 Å². The Balaban J connectivity index is 1.99. The van der Waals surface area contributed by atoms with E-state index < -0.39 is 0 Å². The summed E-state index contributed by atoms with van der Waals surface area (Å²) in [7, 11) is 1.56. The van der Waals surface area contributed by atoms with Crippen LogP contribution in [0.1, 0.15) is 42.3 Å². The van der Waals surface area contributed by atoms with Crippen molar-refractivity contribution in [2.45, 2.75) is 32.6 Å². The van der Waals surface area contributed by atoms with Crippen molar-refractivity contribution in [3.05, 3.63) is 82.0 Å². The van der Waals surface area contributed by atoms with Gasteiger partial charge in [0.2, 0.25) is 0 Å². The molecule has 6 heteroatoms. The molecule has 1 aromatic carbocycles. The van der Waals surface area contributed by atoms with Crippen LogP contribution in [-0.2, 0) is 11.8 Å². The minimum atomic E-state index is -0.284. The second-order valence-electron chi connectivity index (χ2n) is 8.13. The first-order valence-corrected chi connectivity index (χ1v) is 9.89. The Morgan fingerprint density at radius 1 is 1.20 bits per heavy atom. The van der Waals surface area contributed by atoms with E-state index in [0.717, 1.165) is 11.1 Å². The van der Waals surface area contributed by atoms with Crippen molar-refractivity contribution in [3.8, 4) is 16.9 Å². The van der Waals surface area contributed by atoms with Crippen molar-refractivity contribution in [2.24, 2.45) is 0 Å². The number of pyridine rings is 2. The van der Waals surface area contributed by atoms with E-state index in [1.54, 1.807) is 43.9 Å². The number of amides is 1. The molecule has 0 fully saturated rings. The van der Waals surface area contributed by atoms with E-state index in [-0.39, 0.29) is 16.9 Å². The summed E-state index contributed by atoms with van der Waals surface area (Å²) in [6.07, 6.45) is 5.77. The molecule has 156 valence electrons. The van der Waals surface area contributed by atoms with E-state index in [4.69, 9.17) is 4.74 Å². The van der Waals surface area contributed by atoms with Crippen molar-refractivity contribution in [3.63, 3.8) is 0 Å². The molecule has 0 aliphatic heterocycles. The van der Waals surface area contributed by atoms with Gasteiger partial charge in [-0.2, -0.15) is 0 Å². The Labute approximate surface area is 176 Å². The number of aromatic nitrogens is 2. The average molecular weight is 405 g/mol. The molecule has 3 aromatic rings. The van der Waals surface area contributed by atoms with Crippen molar-refractivity contribution >= 4 is 5.91 Å². The lowest BCUT2D eigenvalue weighted by atomic mass is 9.83. The number of hydrogen-bond donors (Lipinski definition) is 2. The van der Waals surface area contributed by atoms with Gasteiger partial charge >= 0.3 is 0 Å². The highest BCUT2D eigenvalue weighted by Gasteiger charge is 2.26. The Kier molecular flexibility index (Phi) is 6.35. The Bertz CT molecular complexity index is 1080. The van der Waals surface area contributed by atoms with Gasteiger partial charge in [-0.3, -0.25) is 14.6 Å². The van der Waals surface area contributed by atoms with Crippen molar-refractivity contribution in [1.29, 1.82) is 0 Å². The number of methoxy groups -OCH3 is 1. The minimum Gasteiger partial charge on any atom is -0.496 e. The topological polar surface area (TPSA) is 84.1 Å². The lowest BCUT2D eigenvalue weighted by Gasteiger charge is -2.25. The maximum Gasteiger partial charge on any atom is 0.255 e. The molecule has 0 spiro atoms. The number of nitrogens with one attached hydrogen (secondary N) is 2. The summed E-state index contributed by atoms with van der Waals surface area (Å²) in [5.41, 5.74) is 3.02. The molecule has 0 bridgehead atoms. The highest BCUT2D eigenvalue weighted by atomic mass is 16.5. The van der Waals surface area contributed by atoms with E-state index in [0.29, 0.717) is 35.4 Å². The van der Waals surface area contributed by atoms with Crippen LogP contribution in [-0.4, -0.2) is 29.5 Å². The van der Waals surface area contributed by atoms with E-state index >= 15 is 0 Å². The Morgan fingerprint density at radius 3 is 2.63 bits per heavy atom. The van der Waals surface area contributed by atoms with Crippen LogP contribution in [0.25, 0.3) is 11.1 Å². The van der Waals surface area contributed by atoms with Crippen LogP contribution in [0.4, 0.5) is 0 Å². The second kappa shape index (κ2) is 8.95. The standard InChI is InChI=1S/C24H27N3O3/c1-24(2,3)20-14-17(18-8-6-11-26-22(18)28)13-19(21(20)30-4)23(29)27-12-9-16-7-5-10-25-15-16/h5-8,10-11,13-15H,9,12H2,1-4H3,(H,26,28)(H,27,29). The predicted molar refractivity (Wildman–Crippen MR) is 118 cm³/mol. The van der Waals surface area contributed by atoms with Crippen LogP contribution >= 0.6 is 0 Å². The highest BCUT2D eigenvalue weighted by Crippen LogP contribution is 2.37. The molecule has 6 nitrogen and oxygen atoms in total. The summed E-state index contributed by atoms with van der Waals surface area (Å²) in [6.45, 7) is 6.62. The lowest BCUT2D eigenvalue weighted by molar-refractivity contribution is 0.0951. The molecule has 0 unspecified atom stereocenters. The first-order chi connectivity index (χ1) is 14.3. The normalized spacial score (nSPS) is 11.2. The van der Waals surface area contributed by atoms with Crippen LogP contribution in [0.3, 0.4) is 0 Å². The number of nitrogens with zero attached hydrogens (tertiary/aromatic N) is 1. The molecule has 0 aliphatic carbocycles. The van der Waals surface area contributed by atoms with Crippen LogP contribution in [0, 0.1) is 0 Å². The van der Waals surface area contributed by atoms with Gasteiger partial charge in [0, 0.05) is 36.3 Å². The molecule has 1 amide bonds. The highest BCUT2D eigenvalue weighted by molar-refractivity contribution is 5.99. The fourth-order valence-electron chi connectivity index (χ4n) is 3.34. The van der Waals surface area contributed by atoms with Crippen LogP contribution in [0.2, 0.25) is 0 Å². The molecular formula is C24H27N3O3. The number of carbonyl (C=O) groups excluding carboxylic acids is 1. The van der Waals surface area contributed by atoms with E-state index in [1.807, 2.05) is 39.0 Å². The minimum absolute atomic E-state index is 0.203. The number of H-pyrrole nitrogens is 1. The number of carbonyl (C=O) groups is 1. The van der Waals surface area contributed by atoms with Crippen LogP contribution < -0.4 is 15.6 Å². The van der Waals surface area contributed by atoms with E-state index in [9.17, 15) is 9.59 Å². The van der Waals surface area contributed by atoms with Gasteiger partial charge in [0.25, 0.3) is 11.5 Å². The van der Waals surface area contributed by atoms with Crippen molar-refractivity contribution in [1.82, 2.24) is 15.3 Å². The summed E-state index contributed by atoms with van der Waals surface area (Å²) >= 11 is 0. The van der Waals surface area contributed by atoms with Gasteiger partial charge < -0.3 is 15.0 Å². The SMILES string of the molecule is COc1c(C(=O)NCCc2cccnc2)cc(-c2ccc[nH]c2=O)cc1C(C)(C)C. The van der Waals surface area contributed by atoms with Crippen molar-refractivity contribution in [2.75, 3.05) is 13.7 Å². The van der Waals surface area contributed by atoms with Crippen LogP contribution in [0.15, 0.2) is 59.8 Å². The van der Waals surface area contributed by atoms with Crippen molar-refractivity contribution < 1.29 is 9.53 Å². The third-order valence-electron chi connectivity index (χ3n) is 4.90. The third kappa shape index (κ3) is 4.76. The zero-order valence-corrected chi connectivity index (χ0v) is 17.8. The number of hydrogen-bond acceptors (Lipinski definition) is 4. The maximum absolute atomic E-state index is 13.1. The molecule has 2 aromatic heterocycles. The fourth-order valence-corrected chi connectivity index (χ4v) is 3.34. The van der Waals surface area contributed by atoms with Gasteiger partial charge in [-0.25, -0.2) is 0 Å². The van der Waals surface area contributed by atoms with Crippen LogP contribution in [0.5, 0.6) is 5.75 Å². The maximum atomic E-state index is 13.1. The van der Waals surface area contributed by atoms with E-state index in [1.165, 1.54) is 0 Å². The number of ether oxygens (including phenoxy) is 1. The summed E-state index contributed by atoms with van der Waals surface area (Å²) in [5, 5.41) is 2.96. The summed E-state index contributed by atoms with van der Waals surface area (Å²) in [5.74, 6) is 0.285. The first-order valence-electron chi connectivity index (χ1n) is 9.89. The van der Waals surface area contributed by atoms with Gasteiger partial charge in [0.05, 0.1) is 12.7 Å². The van der Waals surface area contributed by atoms with E-state index in [2.05, 4.69) is 15.3 Å². The molecule has 2 N–H and O–H groups in total. The zero-order valence-electron chi connectivity index (χ0n) is 17.8. The van der Waals surface area contributed by atoms with Gasteiger partial charge in [0.15, 0.2) is 0 Å². The first kappa shape index (κ1) is 21.3. The molecule has 0 saturated heterocycles. The van der Waals surface area contributed by atoms with Gasteiger partial charge in [-0.05, 0) is 53.3 Å². The molecule has 2 heterocycles. The molecule has 0 radical (unpaired) electrons. The van der Waals surface area contributed by atoms with Gasteiger partial charge in [-0.1, -0.05) is 26.8 Å². The number of aromatic amines is 1. The number of benzene rings is 1. The largest absolute Gasteiger partial charge is 0.496 e. The second-order valence-corrected chi connectivity index (χ2v) is 8.13. The average Bonchev–Trinajstić information content (AvgIpc) is 2.73. The third-order valence-corrected chi connectivity index (χ3v) is 4.90. The summed E-state index contributed by atoms with van der Waals surface area (Å²) in [4.78, 5) is 32.2.